The number of hydrogen-bond acceptors (Lipinski definition) is 3. The molecule has 2 aliphatic heterocycles. The van der Waals surface area contributed by atoms with Crippen molar-refractivity contribution in [2.75, 3.05) is 31.1 Å². The molecule has 2 aromatic rings. The molecular formula is C25H30FN3O2. The molecule has 31 heavy (non-hydrogen) atoms. The molecule has 0 spiro atoms. The van der Waals surface area contributed by atoms with E-state index in [-0.39, 0.29) is 18.2 Å². The van der Waals surface area contributed by atoms with E-state index in [4.69, 9.17) is 0 Å². The second-order valence-corrected chi connectivity index (χ2v) is 8.91. The van der Waals surface area contributed by atoms with Crippen molar-refractivity contribution < 1.29 is 14.0 Å². The van der Waals surface area contributed by atoms with E-state index in [0.29, 0.717) is 30.4 Å². The van der Waals surface area contributed by atoms with Gasteiger partial charge in [-0.3, -0.25) is 14.5 Å². The van der Waals surface area contributed by atoms with E-state index in [9.17, 15) is 14.0 Å². The highest BCUT2D eigenvalue weighted by Gasteiger charge is 2.40. The van der Waals surface area contributed by atoms with Gasteiger partial charge >= 0.3 is 0 Å². The number of carbonyl (C=O) groups is 2. The van der Waals surface area contributed by atoms with Crippen molar-refractivity contribution in [3.05, 3.63) is 64.5 Å². The number of carbonyl (C=O) groups excluding carboxylic acids is 2. The van der Waals surface area contributed by atoms with E-state index in [1.165, 1.54) is 12.1 Å². The molecule has 1 fully saturated rings. The lowest BCUT2D eigenvalue weighted by molar-refractivity contribution is -0.133. The van der Waals surface area contributed by atoms with Crippen molar-refractivity contribution in [2.45, 2.75) is 46.2 Å². The molecule has 1 saturated heterocycles. The van der Waals surface area contributed by atoms with E-state index >= 15 is 0 Å². The number of anilines is 1. The number of halogens is 1. The van der Waals surface area contributed by atoms with Gasteiger partial charge in [0.25, 0.3) is 5.91 Å². The van der Waals surface area contributed by atoms with E-state index in [0.717, 1.165) is 29.8 Å². The van der Waals surface area contributed by atoms with Gasteiger partial charge in [0.1, 0.15) is 5.82 Å². The minimum Gasteiger partial charge on any atom is -0.340 e. The summed E-state index contributed by atoms with van der Waals surface area (Å²) in [5.74, 6) is -0.539. The molecule has 164 valence electrons. The Morgan fingerprint density at radius 1 is 1.06 bits per heavy atom. The fourth-order valence-corrected chi connectivity index (χ4v) is 4.62. The molecule has 0 aromatic heterocycles. The Morgan fingerprint density at radius 3 is 2.39 bits per heavy atom. The first-order valence-electron chi connectivity index (χ1n) is 11.0. The van der Waals surface area contributed by atoms with Gasteiger partial charge in [0.05, 0.1) is 12.5 Å². The molecule has 4 rings (SSSR count). The first-order chi connectivity index (χ1) is 14.8. The van der Waals surface area contributed by atoms with Crippen LogP contribution >= 0.6 is 0 Å². The Labute approximate surface area is 183 Å². The lowest BCUT2D eigenvalue weighted by atomic mass is 9.96. The average Bonchev–Trinajstić information content (AvgIpc) is 2.99. The minimum atomic E-state index is -0.431. The number of fused-ring (bicyclic) bond motifs is 1. The third-order valence-electron chi connectivity index (χ3n) is 6.64. The van der Waals surface area contributed by atoms with Gasteiger partial charge in [0, 0.05) is 43.5 Å². The second kappa shape index (κ2) is 8.42. The molecule has 1 unspecified atom stereocenters. The smallest absolute Gasteiger partial charge is 0.259 e. The maximum atomic E-state index is 14.0. The van der Waals surface area contributed by atoms with Crippen LogP contribution in [-0.2, 0) is 4.79 Å². The van der Waals surface area contributed by atoms with Crippen LogP contribution in [0.5, 0.6) is 0 Å². The van der Waals surface area contributed by atoms with Crippen molar-refractivity contribution in [1.29, 1.82) is 0 Å². The number of amides is 2. The van der Waals surface area contributed by atoms with E-state index < -0.39 is 11.9 Å². The summed E-state index contributed by atoms with van der Waals surface area (Å²) in [5, 5.41) is 0. The fourth-order valence-electron chi connectivity index (χ4n) is 4.62. The Hall–Kier alpha value is -2.73. The Bertz CT molecular complexity index is 1010. The van der Waals surface area contributed by atoms with Crippen LogP contribution in [0.4, 0.5) is 10.1 Å². The van der Waals surface area contributed by atoms with Crippen LogP contribution < -0.4 is 4.90 Å². The van der Waals surface area contributed by atoms with E-state index in [1.54, 1.807) is 17.0 Å². The summed E-state index contributed by atoms with van der Waals surface area (Å²) in [4.78, 5) is 32.4. The average molecular weight is 424 g/mol. The second-order valence-electron chi connectivity index (χ2n) is 8.91. The van der Waals surface area contributed by atoms with Gasteiger partial charge in [-0.2, -0.15) is 0 Å². The molecule has 2 amide bonds. The molecule has 0 saturated carbocycles. The molecule has 2 aromatic carbocycles. The fraction of sp³-hybridized carbons (Fsp3) is 0.440. The summed E-state index contributed by atoms with van der Waals surface area (Å²) in [7, 11) is 0. The van der Waals surface area contributed by atoms with Gasteiger partial charge < -0.3 is 9.80 Å². The highest BCUT2D eigenvalue weighted by Crippen LogP contribution is 2.41. The molecule has 6 heteroatoms. The van der Waals surface area contributed by atoms with Gasteiger partial charge in [0.2, 0.25) is 5.91 Å². The predicted octanol–water partition coefficient (Wildman–Crippen LogP) is 4.09. The summed E-state index contributed by atoms with van der Waals surface area (Å²) in [6, 6.07) is 9.99. The van der Waals surface area contributed by atoms with Gasteiger partial charge in [-0.25, -0.2) is 4.39 Å². The van der Waals surface area contributed by atoms with Gasteiger partial charge in [0.15, 0.2) is 0 Å². The Balaban J connectivity index is 1.64. The zero-order valence-corrected chi connectivity index (χ0v) is 18.7. The zero-order valence-electron chi connectivity index (χ0n) is 18.7. The molecule has 1 atom stereocenters. The first kappa shape index (κ1) is 21.5. The molecule has 5 nitrogen and oxygen atoms in total. The number of benzene rings is 2. The molecule has 0 aliphatic carbocycles. The van der Waals surface area contributed by atoms with E-state index in [1.807, 2.05) is 30.9 Å². The molecule has 0 N–H and O–H groups in total. The number of aryl methyl sites for hydroxylation is 2. The third-order valence-corrected chi connectivity index (χ3v) is 6.64. The van der Waals surface area contributed by atoms with Crippen LogP contribution in [0, 0.1) is 19.7 Å². The van der Waals surface area contributed by atoms with Crippen LogP contribution in [0.1, 0.15) is 53.4 Å². The zero-order chi connectivity index (χ0) is 22.3. The van der Waals surface area contributed by atoms with Crippen molar-refractivity contribution in [1.82, 2.24) is 9.80 Å². The summed E-state index contributed by atoms with van der Waals surface area (Å²) < 4.78 is 14.0. The number of piperazine rings is 1. The first-order valence-corrected chi connectivity index (χ1v) is 11.0. The third kappa shape index (κ3) is 4.09. The lowest BCUT2D eigenvalue weighted by Crippen LogP contribution is -2.51. The van der Waals surface area contributed by atoms with Crippen molar-refractivity contribution >= 4 is 17.5 Å². The normalized spacial score (nSPS) is 19.3. The topological polar surface area (TPSA) is 43.9 Å². The maximum absolute atomic E-state index is 14.0. The van der Waals surface area contributed by atoms with Gasteiger partial charge in [-0.05, 0) is 68.7 Å². The highest BCUT2D eigenvalue weighted by atomic mass is 19.1. The number of nitrogens with zero attached hydrogens (tertiary/aromatic N) is 3. The lowest BCUT2D eigenvalue weighted by Gasteiger charge is -2.37. The quantitative estimate of drug-likeness (QED) is 0.744. The molecular weight excluding hydrogens is 393 g/mol. The standard InChI is InChI=1S/C25H30FN3O2/c1-16(2)27-8-10-28(11-9-27)24(30)15-23-21-12-17(3)18(4)13-22(21)25(31)29(23)20-7-5-6-19(26)14-20/h5-7,12-14,16,23H,8-11,15H2,1-4H3. The Kier molecular flexibility index (Phi) is 5.84. The molecule has 2 heterocycles. The van der Waals surface area contributed by atoms with Crippen molar-refractivity contribution in [2.24, 2.45) is 0 Å². The molecule has 0 radical (unpaired) electrons. The Morgan fingerprint density at radius 2 is 1.74 bits per heavy atom. The SMILES string of the molecule is Cc1cc2c(cc1C)C(CC(=O)N1CCN(C(C)C)CC1)N(c1cccc(F)c1)C2=O. The predicted molar refractivity (Wildman–Crippen MR) is 120 cm³/mol. The molecule has 2 aliphatic rings. The van der Waals surface area contributed by atoms with Crippen LogP contribution in [-0.4, -0.2) is 53.8 Å². The highest BCUT2D eigenvalue weighted by molar-refractivity contribution is 6.11. The summed E-state index contributed by atoms with van der Waals surface area (Å²) in [6.07, 6.45) is 0.194. The summed E-state index contributed by atoms with van der Waals surface area (Å²) in [6.45, 7) is 11.4. The van der Waals surface area contributed by atoms with Crippen LogP contribution in [0.3, 0.4) is 0 Å². The summed E-state index contributed by atoms with van der Waals surface area (Å²) >= 11 is 0. The van der Waals surface area contributed by atoms with Crippen molar-refractivity contribution in [3.8, 4) is 0 Å². The van der Waals surface area contributed by atoms with E-state index in [2.05, 4.69) is 18.7 Å². The van der Waals surface area contributed by atoms with Crippen molar-refractivity contribution in [3.63, 3.8) is 0 Å². The largest absolute Gasteiger partial charge is 0.340 e. The van der Waals surface area contributed by atoms with Crippen LogP contribution in [0.25, 0.3) is 0 Å². The van der Waals surface area contributed by atoms with Gasteiger partial charge in [-0.1, -0.05) is 12.1 Å². The maximum Gasteiger partial charge on any atom is 0.259 e. The summed E-state index contributed by atoms with van der Waals surface area (Å²) in [5.41, 5.74) is 4.05. The molecule has 0 bridgehead atoms. The minimum absolute atomic E-state index is 0.0358. The number of hydrogen-bond donors (Lipinski definition) is 0. The number of rotatable bonds is 4. The van der Waals surface area contributed by atoms with Crippen LogP contribution in [0.2, 0.25) is 0 Å². The van der Waals surface area contributed by atoms with Crippen LogP contribution in [0.15, 0.2) is 36.4 Å². The monoisotopic (exact) mass is 423 g/mol. The van der Waals surface area contributed by atoms with Gasteiger partial charge in [-0.15, -0.1) is 0 Å².